The van der Waals surface area contributed by atoms with Crippen LogP contribution >= 0.6 is 24.2 Å². The molecule has 13 heteroatoms. The number of nitrogens with two attached hydrogens (primary N) is 1. The van der Waals surface area contributed by atoms with Crippen LogP contribution in [0.3, 0.4) is 0 Å². The van der Waals surface area contributed by atoms with E-state index in [1.165, 1.54) is 17.8 Å². The van der Waals surface area contributed by atoms with E-state index in [4.69, 9.17) is 24.7 Å². The van der Waals surface area contributed by atoms with E-state index in [9.17, 15) is 28.7 Å². The predicted molar refractivity (Wildman–Crippen MR) is 131 cm³/mol. The predicted octanol–water partition coefficient (Wildman–Crippen LogP) is 2.11. The van der Waals surface area contributed by atoms with Gasteiger partial charge in [0.15, 0.2) is 0 Å². The molecule has 6 atom stereocenters. The quantitative estimate of drug-likeness (QED) is 0.231. The maximum atomic E-state index is 13.6. The summed E-state index contributed by atoms with van der Waals surface area (Å²) in [5, 5.41) is 11.0. The Labute approximate surface area is 224 Å². The van der Waals surface area contributed by atoms with Crippen LogP contribution in [0.25, 0.3) is 0 Å². The topological polar surface area (TPSA) is 151 Å². The number of carbonyl (C=O) groups is 4. The number of hydrogen-bond acceptors (Lipinski definition) is 11. The van der Waals surface area contributed by atoms with Crippen LogP contribution < -0.4 is 5.73 Å². The molecule has 0 aromatic heterocycles. The Kier molecular flexibility index (Phi) is 10.7. The third-order valence-electron chi connectivity index (χ3n) is 6.64. The lowest BCUT2D eigenvalue weighted by atomic mass is 9.81. The Bertz CT molecular complexity index is 1030. The molecular weight excluding hydrogens is 533 g/mol. The van der Waals surface area contributed by atoms with Gasteiger partial charge in [-0.3, -0.25) is 14.4 Å². The number of halogens is 2. The van der Waals surface area contributed by atoms with Crippen LogP contribution in [0.2, 0.25) is 0 Å². The lowest BCUT2D eigenvalue weighted by Crippen LogP contribution is -2.59. The number of rotatable bonds is 11. The summed E-state index contributed by atoms with van der Waals surface area (Å²) in [6.45, 7) is 3.54. The summed E-state index contributed by atoms with van der Waals surface area (Å²) >= 11 is 1.27. The van der Waals surface area contributed by atoms with Crippen molar-refractivity contribution in [3.8, 4) is 0 Å². The van der Waals surface area contributed by atoms with E-state index < -0.39 is 72.8 Å². The number of aliphatic hydroxyl groups excluding tert-OH is 1. The van der Waals surface area contributed by atoms with Crippen molar-refractivity contribution in [1.29, 1.82) is 0 Å². The highest BCUT2D eigenvalue weighted by Gasteiger charge is 2.78. The third-order valence-corrected chi connectivity index (χ3v) is 7.75. The van der Waals surface area contributed by atoms with Crippen molar-refractivity contribution in [3.05, 3.63) is 29.6 Å². The van der Waals surface area contributed by atoms with Gasteiger partial charge in [-0.1, -0.05) is 13.8 Å². The van der Waals surface area contributed by atoms with Gasteiger partial charge in [0.05, 0.1) is 12.0 Å². The largest absolute Gasteiger partial charge is 0.428 e. The Morgan fingerprint density at radius 2 is 1.65 bits per heavy atom. The van der Waals surface area contributed by atoms with E-state index in [1.54, 1.807) is 32.9 Å². The smallest absolute Gasteiger partial charge is 0.329 e. The summed E-state index contributed by atoms with van der Waals surface area (Å²) in [5.74, 6) is -6.17. The Hall–Kier alpha value is -2.41. The lowest BCUT2D eigenvalue weighted by Gasteiger charge is -2.34. The number of aliphatic hydroxyl groups is 1. The van der Waals surface area contributed by atoms with E-state index in [0.717, 1.165) is 0 Å². The molecule has 0 spiro atoms. The molecule has 0 amide bonds. The molecule has 0 bridgehead atoms. The van der Waals surface area contributed by atoms with Crippen molar-refractivity contribution in [2.24, 2.45) is 29.4 Å². The molecule has 0 radical (unpaired) electrons. The molecule has 3 N–H and O–H groups in total. The fourth-order valence-electron chi connectivity index (χ4n) is 4.62. The van der Waals surface area contributed by atoms with Crippen molar-refractivity contribution < 1.29 is 47.6 Å². The molecule has 206 valence electrons. The van der Waals surface area contributed by atoms with E-state index in [0.29, 0.717) is 10.5 Å². The lowest BCUT2D eigenvalue weighted by molar-refractivity contribution is -0.173. The average Bonchev–Trinajstić information content (AvgIpc) is 3.57. The summed E-state index contributed by atoms with van der Waals surface area (Å²) < 4.78 is 33.3. The minimum atomic E-state index is -1.78. The highest BCUT2D eigenvalue weighted by Crippen LogP contribution is 2.64. The van der Waals surface area contributed by atoms with Crippen LogP contribution in [0, 0.1) is 36.4 Å². The molecule has 2 saturated carbocycles. The minimum Gasteiger partial charge on any atom is -0.428 e. The Morgan fingerprint density at radius 1 is 1.05 bits per heavy atom. The average molecular weight is 564 g/mol. The van der Waals surface area contributed by atoms with E-state index in [1.807, 2.05) is 0 Å². The highest BCUT2D eigenvalue weighted by atomic mass is 35.5. The van der Waals surface area contributed by atoms with Gasteiger partial charge in [0.1, 0.15) is 11.4 Å². The summed E-state index contributed by atoms with van der Waals surface area (Å²) in [6.07, 6.45) is -0.949. The molecule has 3 rings (SSSR count). The van der Waals surface area contributed by atoms with Gasteiger partial charge >= 0.3 is 23.9 Å². The van der Waals surface area contributed by atoms with Crippen LogP contribution in [0.15, 0.2) is 23.1 Å². The Balaban J connectivity index is 0.00000481. The first-order chi connectivity index (χ1) is 17.1. The second-order valence-electron chi connectivity index (χ2n) is 8.75. The van der Waals surface area contributed by atoms with E-state index in [2.05, 4.69) is 0 Å². The summed E-state index contributed by atoms with van der Waals surface area (Å²) in [7, 11) is 0. The van der Waals surface area contributed by atoms with Gasteiger partial charge in [-0.15, -0.1) is 24.2 Å². The molecule has 2 aliphatic rings. The van der Waals surface area contributed by atoms with Crippen LogP contribution in [0.1, 0.15) is 32.3 Å². The first kappa shape index (κ1) is 30.8. The van der Waals surface area contributed by atoms with Gasteiger partial charge in [0, 0.05) is 41.2 Å². The van der Waals surface area contributed by atoms with Gasteiger partial charge in [-0.2, -0.15) is 0 Å². The fraction of sp³-hybridized carbons (Fsp3) is 0.583. The molecule has 0 saturated heterocycles. The summed E-state index contributed by atoms with van der Waals surface area (Å²) in [5.41, 5.74) is 5.23. The summed E-state index contributed by atoms with van der Waals surface area (Å²) in [6, 6.07) is 4.54. The van der Waals surface area contributed by atoms with Gasteiger partial charge in [0.25, 0.3) is 0 Å². The molecule has 0 unspecified atom stereocenters. The second kappa shape index (κ2) is 12.9. The van der Waals surface area contributed by atoms with Gasteiger partial charge in [-0.25, -0.2) is 9.18 Å². The number of ether oxygens (including phenoxy) is 4. The van der Waals surface area contributed by atoms with Crippen LogP contribution in [-0.4, -0.2) is 60.0 Å². The molecular formula is C24H31ClFNO9S. The monoisotopic (exact) mass is 563 g/mol. The van der Waals surface area contributed by atoms with Crippen LogP contribution in [-0.2, 0) is 38.1 Å². The Morgan fingerprint density at radius 3 is 2.22 bits per heavy atom. The van der Waals surface area contributed by atoms with Crippen molar-refractivity contribution in [3.63, 3.8) is 0 Å². The molecule has 1 aromatic rings. The molecule has 0 aliphatic heterocycles. The normalized spacial score (nSPS) is 27.4. The highest BCUT2D eigenvalue weighted by molar-refractivity contribution is 7.99. The minimum absolute atomic E-state index is 0. The van der Waals surface area contributed by atoms with Gasteiger partial charge in [-0.05, 0) is 30.7 Å². The molecule has 10 nitrogen and oxygen atoms in total. The molecule has 0 heterocycles. The summed E-state index contributed by atoms with van der Waals surface area (Å²) in [4.78, 5) is 49.1. The first-order valence-electron chi connectivity index (χ1n) is 11.6. The maximum Gasteiger partial charge on any atom is 0.329 e. The number of aryl methyl sites for hydroxylation is 1. The maximum absolute atomic E-state index is 13.6. The van der Waals surface area contributed by atoms with Gasteiger partial charge < -0.3 is 29.8 Å². The van der Waals surface area contributed by atoms with Crippen molar-refractivity contribution in [2.45, 2.75) is 50.2 Å². The van der Waals surface area contributed by atoms with Gasteiger partial charge in [0.2, 0.25) is 13.6 Å². The molecule has 2 aliphatic carbocycles. The fourth-order valence-corrected chi connectivity index (χ4v) is 5.89. The number of thioether (sulfide) groups is 1. The zero-order chi connectivity index (χ0) is 26.6. The zero-order valence-corrected chi connectivity index (χ0v) is 22.3. The number of hydrogen-bond donors (Lipinski definition) is 2. The van der Waals surface area contributed by atoms with Crippen molar-refractivity contribution in [2.75, 3.05) is 19.3 Å². The number of esters is 4. The number of carbonyl (C=O) groups excluding carboxylic acids is 4. The second-order valence-corrected chi connectivity index (χ2v) is 9.85. The molecule has 1 aromatic carbocycles. The first-order valence-corrected chi connectivity index (χ1v) is 12.6. The standard InChI is InChI=1S/C24H30FNO9S.ClH/c1-4-16(27)32-10-34-22(30)19-18-20(19)24(26,23(31)35-11-33-17(28)5-2)14(21(18)29)9-36-13-6-7-15(25)12(3)8-13;/h6-8,14,18-21,29H,4-5,9-11,26H2,1-3H3;1H/t14-,18+,19+,20+,21-,24+;/m1./s1. The molecule has 37 heavy (non-hydrogen) atoms. The van der Waals surface area contributed by atoms with Crippen LogP contribution in [0.5, 0.6) is 0 Å². The SMILES string of the molecule is CCC(=O)OCOC(=O)[C@H]1[C@@H]2[C@H](O)[C@@H](CSc3ccc(F)c(C)c3)[C@@](N)(C(=O)OCOC(=O)CC)[C@H]12.Cl. The van der Waals surface area contributed by atoms with Crippen molar-refractivity contribution >= 4 is 48.0 Å². The van der Waals surface area contributed by atoms with Crippen molar-refractivity contribution in [1.82, 2.24) is 0 Å². The number of benzene rings is 1. The van der Waals surface area contributed by atoms with E-state index >= 15 is 0 Å². The van der Waals surface area contributed by atoms with E-state index in [-0.39, 0.29) is 36.8 Å². The zero-order valence-electron chi connectivity index (χ0n) is 20.6. The van der Waals surface area contributed by atoms with Crippen LogP contribution in [0.4, 0.5) is 4.39 Å². The molecule has 2 fully saturated rings. The number of fused-ring (bicyclic) bond motifs is 1. The third kappa shape index (κ3) is 6.54.